The average Bonchev–Trinajstić information content (AvgIpc) is 2.47. The topological polar surface area (TPSA) is 29.5 Å². The van der Waals surface area contributed by atoms with E-state index in [9.17, 15) is 4.79 Å². The number of nitrogens with zero attached hydrogens (tertiary/aromatic N) is 1. The zero-order chi connectivity index (χ0) is 14.5. The third-order valence-electron chi connectivity index (χ3n) is 3.15. The summed E-state index contributed by atoms with van der Waals surface area (Å²) in [5, 5.41) is 0. The molecule has 0 unspecified atom stereocenters. The summed E-state index contributed by atoms with van der Waals surface area (Å²) in [5.41, 5.74) is 2.81. The average molecular weight is 334 g/mol. The van der Waals surface area contributed by atoms with Gasteiger partial charge in [-0.3, -0.25) is 4.79 Å². The number of anilines is 1. The Labute approximate surface area is 127 Å². The zero-order valence-electron chi connectivity index (χ0n) is 11.5. The van der Waals surface area contributed by atoms with E-state index in [1.807, 2.05) is 49.5 Å². The van der Waals surface area contributed by atoms with E-state index >= 15 is 0 Å². The second-order valence-electron chi connectivity index (χ2n) is 4.49. The molecule has 0 amide bonds. The first-order valence-corrected chi connectivity index (χ1v) is 7.02. The van der Waals surface area contributed by atoms with Crippen LogP contribution in [0.4, 0.5) is 5.69 Å². The largest absolute Gasteiger partial charge is 0.496 e. The number of methoxy groups -OCH3 is 1. The van der Waals surface area contributed by atoms with Crippen LogP contribution in [-0.2, 0) is 6.54 Å². The highest BCUT2D eigenvalue weighted by atomic mass is 79.9. The number of benzene rings is 2. The number of halogens is 1. The lowest BCUT2D eigenvalue weighted by Crippen LogP contribution is -2.17. The first-order chi connectivity index (χ1) is 9.65. The summed E-state index contributed by atoms with van der Waals surface area (Å²) in [5.74, 6) is 0.878. The first-order valence-electron chi connectivity index (χ1n) is 6.23. The first kappa shape index (κ1) is 14.6. The molecule has 0 aliphatic carbocycles. The van der Waals surface area contributed by atoms with Crippen molar-refractivity contribution in [3.63, 3.8) is 0 Å². The molecular weight excluding hydrogens is 318 g/mol. The van der Waals surface area contributed by atoms with Gasteiger partial charge in [-0.1, -0.05) is 18.2 Å². The predicted molar refractivity (Wildman–Crippen MR) is 84.6 cm³/mol. The maximum atomic E-state index is 10.8. The Kier molecular flexibility index (Phi) is 4.79. The Morgan fingerprint density at radius 1 is 1.25 bits per heavy atom. The van der Waals surface area contributed by atoms with E-state index in [0.29, 0.717) is 5.56 Å². The number of rotatable bonds is 5. The van der Waals surface area contributed by atoms with Crippen LogP contribution in [-0.4, -0.2) is 20.4 Å². The fourth-order valence-corrected chi connectivity index (χ4v) is 2.49. The Bertz CT molecular complexity index is 613. The van der Waals surface area contributed by atoms with Crippen LogP contribution in [0.1, 0.15) is 15.9 Å². The molecule has 0 aromatic heterocycles. The molecule has 0 radical (unpaired) electrons. The quantitative estimate of drug-likeness (QED) is 0.777. The van der Waals surface area contributed by atoms with Gasteiger partial charge in [-0.15, -0.1) is 0 Å². The molecule has 0 saturated carbocycles. The van der Waals surface area contributed by atoms with Crippen molar-refractivity contribution in [2.24, 2.45) is 0 Å². The highest BCUT2D eigenvalue weighted by molar-refractivity contribution is 9.10. The molecule has 3 nitrogen and oxygen atoms in total. The smallest absolute Gasteiger partial charge is 0.151 e. The molecular formula is C16H16BrNO2. The van der Waals surface area contributed by atoms with Crippen LogP contribution in [0.15, 0.2) is 46.9 Å². The molecule has 0 bridgehead atoms. The Morgan fingerprint density at radius 2 is 2.00 bits per heavy atom. The van der Waals surface area contributed by atoms with Gasteiger partial charge in [-0.25, -0.2) is 0 Å². The molecule has 0 heterocycles. The molecule has 0 spiro atoms. The van der Waals surface area contributed by atoms with Crippen molar-refractivity contribution in [1.82, 2.24) is 0 Å². The fourth-order valence-electron chi connectivity index (χ4n) is 2.03. The third-order valence-corrected chi connectivity index (χ3v) is 3.84. The van der Waals surface area contributed by atoms with E-state index < -0.39 is 0 Å². The van der Waals surface area contributed by atoms with Gasteiger partial charge in [0.15, 0.2) is 6.29 Å². The highest BCUT2D eigenvalue weighted by Gasteiger charge is 2.08. The van der Waals surface area contributed by atoms with Crippen LogP contribution in [0.5, 0.6) is 5.75 Å². The van der Waals surface area contributed by atoms with Gasteiger partial charge < -0.3 is 9.64 Å². The van der Waals surface area contributed by atoms with Gasteiger partial charge in [0.2, 0.25) is 0 Å². The van der Waals surface area contributed by atoms with Gasteiger partial charge in [-0.05, 0) is 40.2 Å². The van der Waals surface area contributed by atoms with Crippen LogP contribution < -0.4 is 9.64 Å². The fraction of sp³-hybridized carbons (Fsp3) is 0.188. The number of ether oxygens (including phenoxy) is 1. The number of carbonyl (C=O) groups excluding carboxylic acids is 1. The molecule has 4 heteroatoms. The van der Waals surface area contributed by atoms with Gasteiger partial charge in [0, 0.05) is 34.9 Å². The van der Waals surface area contributed by atoms with E-state index in [-0.39, 0.29) is 0 Å². The molecule has 0 N–H and O–H groups in total. The van der Waals surface area contributed by atoms with Gasteiger partial charge >= 0.3 is 0 Å². The lowest BCUT2D eigenvalue weighted by molar-refractivity contribution is 0.112. The molecule has 104 valence electrons. The highest BCUT2D eigenvalue weighted by Crippen LogP contribution is 2.25. The Hall–Kier alpha value is -1.81. The number of carbonyl (C=O) groups is 1. The van der Waals surface area contributed by atoms with Crippen molar-refractivity contribution >= 4 is 27.9 Å². The molecule has 2 aromatic carbocycles. The standard InChI is InChI=1S/C16H16BrNO2/c1-18(10-12-5-3-4-6-16(12)20-2)14-8-7-13(11-19)15(17)9-14/h3-9,11H,10H2,1-2H3. The molecule has 0 aliphatic heterocycles. The summed E-state index contributed by atoms with van der Waals surface area (Å²) in [6.45, 7) is 0.733. The molecule has 2 aromatic rings. The minimum Gasteiger partial charge on any atom is -0.496 e. The van der Waals surface area contributed by atoms with E-state index in [1.165, 1.54) is 0 Å². The van der Waals surface area contributed by atoms with Gasteiger partial charge in [0.25, 0.3) is 0 Å². The van der Waals surface area contributed by atoms with Crippen LogP contribution in [0.25, 0.3) is 0 Å². The van der Waals surface area contributed by atoms with Crippen molar-refractivity contribution in [3.8, 4) is 5.75 Å². The van der Waals surface area contributed by atoms with Crippen LogP contribution in [0, 0.1) is 0 Å². The van der Waals surface area contributed by atoms with Crippen molar-refractivity contribution in [3.05, 3.63) is 58.1 Å². The Morgan fingerprint density at radius 3 is 2.65 bits per heavy atom. The third kappa shape index (κ3) is 3.20. The second kappa shape index (κ2) is 6.57. The summed E-state index contributed by atoms with van der Waals surface area (Å²) in [4.78, 5) is 12.9. The summed E-state index contributed by atoms with van der Waals surface area (Å²) < 4.78 is 6.16. The molecule has 0 fully saturated rings. The van der Waals surface area contributed by atoms with E-state index in [0.717, 1.165) is 34.3 Å². The lowest BCUT2D eigenvalue weighted by atomic mass is 10.1. The number of hydrogen-bond acceptors (Lipinski definition) is 3. The van der Waals surface area contributed by atoms with Crippen molar-refractivity contribution < 1.29 is 9.53 Å². The maximum Gasteiger partial charge on any atom is 0.151 e. The summed E-state index contributed by atoms with van der Waals surface area (Å²) >= 11 is 3.41. The summed E-state index contributed by atoms with van der Waals surface area (Å²) in [6, 6.07) is 13.6. The summed E-state index contributed by atoms with van der Waals surface area (Å²) in [6.07, 6.45) is 0.841. The van der Waals surface area contributed by atoms with Gasteiger partial charge in [-0.2, -0.15) is 0 Å². The van der Waals surface area contributed by atoms with Crippen LogP contribution in [0.3, 0.4) is 0 Å². The van der Waals surface area contributed by atoms with E-state index in [1.54, 1.807) is 7.11 Å². The molecule has 0 aliphatic rings. The Balaban J connectivity index is 2.21. The van der Waals surface area contributed by atoms with Crippen molar-refractivity contribution in [1.29, 1.82) is 0 Å². The number of aldehydes is 1. The molecule has 20 heavy (non-hydrogen) atoms. The number of hydrogen-bond donors (Lipinski definition) is 0. The maximum absolute atomic E-state index is 10.8. The van der Waals surface area contributed by atoms with Crippen molar-refractivity contribution in [2.45, 2.75) is 6.54 Å². The van der Waals surface area contributed by atoms with Crippen molar-refractivity contribution in [2.75, 3.05) is 19.1 Å². The number of para-hydroxylation sites is 1. The molecule has 2 rings (SSSR count). The minimum atomic E-state index is 0.652. The van der Waals surface area contributed by atoms with E-state index in [2.05, 4.69) is 20.8 Å². The predicted octanol–water partition coefficient (Wildman–Crippen LogP) is 3.91. The van der Waals surface area contributed by atoms with E-state index in [4.69, 9.17) is 4.74 Å². The van der Waals surface area contributed by atoms with Crippen LogP contribution in [0.2, 0.25) is 0 Å². The normalized spacial score (nSPS) is 10.2. The molecule has 0 atom stereocenters. The van der Waals surface area contributed by atoms with Gasteiger partial charge in [0.1, 0.15) is 5.75 Å². The monoisotopic (exact) mass is 333 g/mol. The second-order valence-corrected chi connectivity index (χ2v) is 5.35. The molecule has 0 saturated heterocycles. The van der Waals surface area contributed by atoms with Crippen LogP contribution >= 0.6 is 15.9 Å². The lowest BCUT2D eigenvalue weighted by Gasteiger charge is -2.21. The SMILES string of the molecule is COc1ccccc1CN(C)c1ccc(C=O)c(Br)c1. The van der Waals surface area contributed by atoms with Gasteiger partial charge in [0.05, 0.1) is 7.11 Å². The minimum absolute atomic E-state index is 0.652. The summed E-state index contributed by atoms with van der Waals surface area (Å²) in [7, 11) is 3.68. The zero-order valence-corrected chi connectivity index (χ0v) is 13.1.